The summed E-state index contributed by atoms with van der Waals surface area (Å²) < 4.78 is 12.8. The Kier molecular flexibility index (Phi) is 1.50. The van der Waals surface area contributed by atoms with Gasteiger partial charge in [-0.15, -0.1) is 0 Å². The van der Waals surface area contributed by atoms with Crippen molar-refractivity contribution in [2.24, 2.45) is 4.99 Å². The van der Waals surface area contributed by atoms with E-state index in [0.717, 1.165) is 0 Å². The largest absolute Gasteiger partial charge is 0.298 e. The van der Waals surface area contributed by atoms with Crippen LogP contribution in [-0.2, 0) is 4.79 Å². The zero-order valence-corrected chi connectivity index (χ0v) is 6.25. The molecule has 12 heavy (non-hydrogen) atoms. The van der Waals surface area contributed by atoms with Crippen LogP contribution in [0.15, 0.2) is 39.8 Å². The topological polar surface area (TPSA) is 29.4 Å². The average molecular weight is 163 g/mol. The summed E-state index contributed by atoms with van der Waals surface area (Å²) in [5, 5.41) is 0. The standard InChI is InChI=1S/C9H6FNO/c10-8-3-6-1-2-11-9(6)7(4-8)5-12/h1-3,5H,4H2. The molecule has 0 amide bonds. The van der Waals surface area contributed by atoms with Crippen LogP contribution in [-0.4, -0.2) is 12.5 Å². The van der Waals surface area contributed by atoms with Gasteiger partial charge in [0.25, 0.3) is 0 Å². The summed E-state index contributed by atoms with van der Waals surface area (Å²) in [6.07, 6.45) is 5.42. The Morgan fingerprint density at radius 2 is 2.42 bits per heavy atom. The second-order valence-electron chi connectivity index (χ2n) is 2.66. The summed E-state index contributed by atoms with van der Waals surface area (Å²) in [6, 6.07) is 0. The van der Waals surface area contributed by atoms with E-state index in [9.17, 15) is 9.18 Å². The lowest BCUT2D eigenvalue weighted by atomic mass is 9.99. The number of hydrogen-bond acceptors (Lipinski definition) is 2. The van der Waals surface area contributed by atoms with Gasteiger partial charge in [-0.25, -0.2) is 4.39 Å². The summed E-state index contributed by atoms with van der Waals surface area (Å²) in [6.45, 7) is 0. The summed E-state index contributed by atoms with van der Waals surface area (Å²) in [5.74, 6) is -0.280. The van der Waals surface area contributed by atoms with E-state index in [1.807, 2.05) is 0 Å². The van der Waals surface area contributed by atoms with Gasteiger partial charge in [0, 0.05) is 23.8 Å². The molecule has 0 aromatic carbocycles. The quantitative estimate of drug-likeness (QED) is 0.541. The zero-order chi connectivity index (χ0) is 8.55. The molecule has 0 aromatic rings. The maximum absolute atomic E-state index is 12.8. The van der Waals surface area contributed by atoms with Gasteiger partial charge >= 0.3 is 0 Å². The third kappa shape index (κ3) is 0.942. The number of fused-ring (bicyclic) bond motifs is 1. The maximum atomic E-state index is 12.8. The van der Waals surface area contributed by atoms with Gasteiger partial charge in [-0.1, -0.05) is 0 Å². The summed E-state index contributed by atoms with van der Waals surface area (Å²) in [5.41, 5.74) is 1.74. The number of halogens is 1. The summed E-state index contributed by atoms with van der Waals surface area (Å²) in [7, 11) is 0. The molecular weight excluding hydrogens is 157 g/mol. The highest BCUT2D eigenvalue weighted by molar-refractivity contribution is 5.87. The van der Waals surface area contributed by atoms with E-state index >= 15 is 0 Å². The van der Waals surface area contributed by atoms with Crippen LogP contribution in [0.25, 0.3) is 0 Å². The molecule has 0 radical (unpaired) electrons. The predicted octanol–water partition coefficient (Wildman–Crippen LogP) is 1.71. The van der Waals surface area contributed by atoms with E-state index in [4.69, 9.17) is 0 Å². The zero-order valence-electron chi connectivity index (χ0n) is 6.25. The Morgan fingerprint density at radius 3 is 3.17 bits per heavy atom. The van der Waals surface area contributed by atoms with Gasteiger partial charge in [-0.2, -0.15) is 0 Å². The summed E-state index contributed by atoms with van der Waals surface area (Å²) in [4.78, 5) is 14.5. The first-order valence-electron chi connectivity index (χ1n) is 3.60. The van der Waals surface area contributed by atoms with Gasteiger partial charge in [-0.05, 0) is 12.2 Å². The number of allylic oxidation sites excluding steroid dienone is 4. The lowest BCUT2D eigenvalue weighted by molar-refractivity contribution is -0.105. The number of aliphatic imine (C=N–C) groups is 1. The average Bonchev–Trinajstić information content (AvgIpc) is 2.50. The highest BCUT2D eigenvalue weighted by atomic mass is 19.1. The van der Waals surface area contributed by atoms with Gasteiger partial charge in [0.15, 0.2) is 0 Å². The molecule has 1 aliphatic heterocycles. The fourth-order valence-corrected chi connectivity index (χ4v) is 1.31. The number of nitrogens with zero attached hydrogens (tertiary/aromatic N) is 1. The van der Waals surface area contributed by atoms with Gasteiger partial charge in [0.05, 0.1) is 5.70 Å². The molecule has 0 N–H and O–H groups in total. The van der Waals surface area contributed by atoms with Crippen LogP contribution in [0.4, 0.5) is 4.39 Å². The van der Waals surface area contributed by atoms with Crippen molar-refractivity contribution in [1.29, 1.82) is 0 Å². The van der Waals surface area contributed by atoms with Crippen molar-refractivity contribution in [1.82, 2.24) is 0 Å². The molecule has 0 unspecified atom stereocenters. The second kappa shape index (κ2) is 2.52. The number of hydrogen-bond donors (Lipinski definition) is 0. The molecule has 1 aliphatic carbocycles. The minimum atomic E-state index is -0.280. The highest BCUT2D eigenvalue weighted by Gasteiger charge is 2.18. The molecule has 3 heteroatoms. The Hall–Kier alpha value is -1.51. The Balaban J connectivity index is 2.51. The number of carbonyl (C=O) groups is 1. The van der Waals surface area contributed by atoms with Crippen LogP contribution in [0.2, 0.25) is 0 Å². The number of carbonyl (C=O) groups excluding carboxylic acids is 1. The molecule has 0 fully saturated rings. The minimum Gasteiger partial charge on any atom is -0.298 e. The van der Waals surface area contributed by atoms with E-state index in [1.165, 1.54) is 6.08 Å². The second-order valence-corrected chi connectivity index (χ2v) is 2.66. The van der Waals surface area contributed by atoms with Gasteiger partial charge < -0.3 is 0 Å². The smallest absolute Gasteiger partial charge is 0.148 e. The van der Waals surface area contributed by atoms with Crippen LogP contribution in [0, 0.1) is 0 Å². The Bertz CT molecular complexity index is 361. The van der Waals surface area contributed by atoms with Crippen LogP contribution in [0.5, 0.6) is 0 Å². The van der Waals surface area contributed by atoms with Crippen molar-refractivity contribution in [2.75, 3.05) is 0 Å². The van der Waals surface area contributed by atoms with Crippen molar-refractivity contribution in [3.63, 3.8) is 0 Å². The molecular formula is C9H6FNO. The first-order valence-corrected chi connectivity index (χ1v) is 3.60. The Labute approximate surface area is 68.8 Å². The van der Waals surface area contributed by atoms with Crippen molar-refractivity contribution in [2.45, 2.75) is 6.42 Å². The van der Waals surface area contributed by atoms with Crippen LogP contribution in [0.1, 0.15) is 6.42 Å². The molecule has 0 spiro atoms. The maximum Gasteiger partial charge on any atom is 0.148 e. The predicted molar refractivity (Wildman–Crippen MR) is 43.5 cm³/mol. The van der Waals surface area contributed by atoms with Crippen LogP contribution < -0.4 is 0 Å². The molecule has 0 atom stereocenters. The first-order chi connectivity index (χ1) is 5.81. The molecule has 0 saturated carbocycles. The molecule has 60 valence electrons. The van der Waals surface area contributed by atoms with E-state index in [1.54, 1.807) is 12.3 Å². The third-order valence-electron chi connectivity index (χ3n) is 1.85. The number of rotatable bonds is 1. The molecule has 2 aliphatic rings. The molecule has 2 rings (SSSR count). The molecule has 0 saturated heterocycles. The Morgan fingerprint density at radius 1 is 1.58 bits per heavy atom. The lowest BCUT2D eigenvalue weighted by Crippen LogP contribution is -1.98. The molecule has 0 bridgehead atoms. The monoisotopic (exact) mass is 163 g/mol. The van der Waals surface area contributed by atoms with Gasteiger partial charge in [0.1, 0.15) is 12.1 Å². The van der Waals surface area contributed by atoms with E-state index in [0.29, 0.717) is 23.1 Å². The molecule has 0 aromatic heterocycles. The van der Waals surface area contributed by atoms with Crippen LogP contribution in [0.3, 0.4) is 0 Å². The van der Waals surface area contributed by atoms with Gasteiger partial charge in [0.2, 0.25) is 0 Å². The lowest BCUT2D eigenvalue weighted by Gasteiger charge is -2.09. The minimum absolute atomic E-state index is 0.0769. The van der Waals surface area contributed by atoms with Crippen LogP contribution >= 0.6 is 0 Å². The number of aldehydes is 1. The van der Waals surface area contributed by atoms with Crippen molar-refractivity contribution >= 4 is 12.5 Å². The third-order valence-corrected chi connectivity index (χ3v) is 1.85. The highest BCUT2D eigenvalue weighted by Crippen LogP contribution is 2.30. The summed E-state index contributed by atoms with van der Waals surface area (Å²) >= 11 is 0. The van der Waals surface area contributed by atoms with Crippen molar-refractivity contribution in [3.05, 3.63) is 34.8 Å². The van der Waals surface area contributed by atoms with Crippen molar-refractivity contribution < 1.29 is 9.18 Å². The SMILES string of the molecule is O=CC1=C2N=CC=C2C=C(F)C1. The van der Waals surface area contributed by atoms with E-state index in [2.05, 4.69) is 4.99 Å². The van der Waals surface area contributed by atoms with Gasteiger partial charge in [-0.3, -0.25) is 9.79 Å². The first kappa shape index (κ1) is 7.16. The normalized spacial score (nSPS) is 20.4. The molecule has 1 heterocycles. The fourth-order valence-electron chi connectivity index (χ4n) is 1.31. The fraction of sp³-hybridized carbons (Fsp3) is 0.111. The van der Waals surface area contributed by atoms with E-state index < -0.39 is 0 Å². The molecule has 2 nitrogen and oxygen atoms in total. The van der Waals surface area contributed by atoms with E-state index in [-0.39, 0.29) is 12.2 Å². The van der Waals surface area contributed by atoms with Crippen molar-refractivity contribution in [3.8, 4) is 0 Å².